The molecule has 4 heteroatoms. The minimum atomic E-state index is 0.715. The number of aryl methyl sites for hydroxylation is 1. The predicted octanol–water partition coefficient (Wildman–Crippen LogP) is 2.46. The number of ether oxygens (including phenoxy) is 1. The zero-order valence-corrected chi connectivity index (χ0v) is 11.5. The Morgan fingerprint density at radius 2 is 2.26 bits per heavy atom. The van der Waals surface area contributed by atoms with E-state index in [1.807, 2.05) is 12.1 Å². The van der Waals surface area contributed by atoms with E-state index >= 15 is 0 Å². The average Bonchev–Trinajstić information content (AvgIpc) is 2.81. The summed E-state index contributed by atoms with van der Waals surface area (Å²) in [7, 11) is 1.69. The lowest BCUT2D eigenvalue weighted by molar-refractivity contribution is 0.387. The highest BCUT2D eigenvalue weighted by molar-refractivity contribution is 5.30. The smallest absolute Gasteiger partial charge is 0.137 e. The molecule has 0 radical (unpaired) electrons. The fourth-order valence-electron chi connectivity index (χ4n) is 2.64. The van der Waals surface area contributed by atoms with Crippen molar-refractivity contribution in [2.45, 2.75) is 32.7 Å². The fraction of sp³-hybridized carbons (Fsp3) is 0.467. The van der Waals surface area contributed by atoms with E-state index < -0.39 is 0 Å². The summed E-state index contributed by atoms with van der Waals surface area (Å²) in [4.78, 5) is 0. The van der Waals surface area contributed by atoms with Crippen molar-refractivity contribution in [1.29, 1.82) is 0 Å². The van der Waals surface area contributed by atoms with E-state index in [9.17, 15) is 0 Å². The molecule has 0 amide bonds. The number of hydrogen-bond donors (Lipinski definition) is 0. The Bertz CT molecular complexity index is 577. The summed E-state index contributed by atoms with van der Waals surface area (Å²) in [5, 5.41) is 8.67. The van der Waals surface area contributed by atoms with E-state index in [4.69, 9.17) is 4.74 Å². The molecule has 2 aromatic rings. The van der Waals surface area contributed by atoms with Crippen molar-refractivity contribution in [3.05, 3.63) is 41.5 Å². The van der Waals surface area contributed by atoms with Gasteiger partial charge in [0.15, 0.2) is 0 Å². The number of nitrogens with zero attached hydrogens (tertiary/aromatic N) is 3. The number of fused-ring (bicyclic) bond motifs is 1. The molecule has 0 N–H and O–H groups in total. The summed E-state index contributed by atoms with van der Waals surface area (Å²) >= 11 is 0. The van der Waals surface area contributed by atoms with Crippen molar-refractivity contribution >= 4 is 0 Å². The highest BCUT2D eigenvalue weighted by Gasteiger charge is 2.20. The molecule has 2 heterocycles. The van der Waals surface area contributed by atoms with Crippen LogP contribution < -0.4 is 4.74 Å². The Hall–Kier alpha value is -1.84. The molecule has 0 bridgehead atoms. The topological polar surface area (TPSA) is 39.9 Å². The molecule has 0 saturated carbocycles. The van der Waals surface area contributed by atoms with Crippen LogP contribution >= 0.6 is 0 Å². The third kappa shape index (κ3) is 2.48. The highest BCUT2D eigenvalue weighted by atomic mass is 16.5. The van der Waals surface area contributed by atoms with Gasteiger partial charge >= 0.3 is 0 Å². The Labute approximate surface area is 113 Å². The molecular formula is C15H19N3O. The van der Waals surface area contributed by atoms with Gasteiger partial charge in [0.2, 0.25) is 0 Å². The second kappa shape index (κ2) is 5.03. The Morgan fingerprint density at radius 3 is 3.11 bits per heavy atom. The van der Waals surface area contributed by atoms with Crippen LogP contribution in [0.5, 0.6) is 5.75 Å². The molecular weight excluding hydrogens is 238 g/mol. The molecule has 1 aromatic heterocycles. The zero-order valence-electron chi connectivity index (χ0n) is 11.5. The Morgan fingerprint density at radius 1 is 1.37 bits per heavy atom. The number of hydrogen-bond acceptors (Lipinski definition) is 3. The lowest BCUT2D eigenvalue weighted by atomic mass is 10.0. The second-order valence-electron chi connectivity index (χ2n) is 5.32. The van der Waals surface area contributed by atoms with E-state index in [2.05, 4.69) is 33.8 Å². The van der Waals surface area contributed by atoms with Crippen molar-refractivity contribution in [3.8, 4) is 5.75 Å². The first-order valence-electron chi connectivity index (χ1n) is 6.80. The molecule has 0 saturated heterocycles. The minimum Gasteiger partial charge on any atom is -0.497 e. The van der Waals surface area contributed by atoms with E-state index in [1.165, 1.54) is 12.0 Å². The number of aromatic nitrogens is 3. The van der Waals surface area contributed by atoms with E-state index in [-0.39, 0.29) is 0 Å². The van der Waals surface area contributed by atoms with Gasteiger partial charge in [-0.05, 0) is 30.0 Å². The van der Waals surface area contributed by atoms with Gasteiger partial charge < -0.3 is 9.30 Å². The van der Waals surface area contributed by atoms with Crippen LogP contribution in [-0.4, -0.2) is 21.9 Å². The van der Waals surface area contributed by atoms with Crippen LogP contribution in [0.2, 0.25) is 0 Å². The summed E-state index contributed by atoms with van der Waals surface area (Å²) in [6.07, 6.45) is 3.08. The van der Waals surface area contributed by atoms with Crippen molar-refractivity contribution in [3.63, 3.8) is 0 Å². The first kappa shape index (κ1) is 12.2. The molecule has 3 rings (SSSR count). The molecule has 1 unspecified atom stereocenters. The summed E-state index contributed by atoms with van der Waals surface area (Å²) in [5.74, 6) is 3.81. The first-order valence-corrected chi connectivity index (χ1v) is 6.80. The van der Waals surface area contributed by atoms with Crippen molar-refractivity contribution in [2.75, 3.05) is 7.11 Å². The van der Waals surface area contributed by atoms with Crippen LogP contribution in [0, 0.1) is 5.92 Å². The zero-order chi connectivity index (χ0) is 13.2. The van der Waals surface area contributed by atoms with Crippen LogP contribution in [0.25, 0.3) is 0 Å². The fourth-order valence-corrected chi connectivity index (χ4v) is 2.64. The van der Waals surface area contributed by atoms with Gasteiger partial charge in [-0.3, -0.25) is 0 Å². The molecule has 0 aliphatic carbocycles. The van der Waals surface area contributed by atoms with Gasteiger partial charge in [0.25, 0.3) is 0 Å². The summed E-state index contributed by atoms with van der Waals surface area (Å²) < 4.78 is 7.55. The lowest BCUT2D eigenvalue weighted by Crippen LogP contribution is -2.20. The predicted molar refractivity (Wildman–Crippen MR) is 73.3 cm³/mol. The average molecular weight is 257 g/mol. The van der Waals surface area contributed by atoms with Gasteiger partial charge in [-0.15, -0.1) is 10.2 Å². The van der Waals surface area contributed by atoms with Gasteiger partial charge in [0.05, 0.1) is 7.11 Å². The molecule has 19 heavy (non-hydrogen) atoms. The van der Waals surface area contributed by atoms with Crippen molar-refractivity contribution in [1.82, 2.24) is 14.8 Å². The number of benzene rings is 1. The third-order valence-corrected chi connectivity index (χ3v) is 3.76. The van der Waals surface area contributed by atoms with Gasteiger partial charge in [0.1, 0.15) is 17.4 Å². The Kier molecular flexibility index (Phi) is 3.23. The lowest BCUT2D eigenvalue weighted by Gasteiger charge is -2.20. The van der Waals surface area contributed by atoms with Crippen molar-refractivity contribution in [2.24, 2.45) is 5.92 Å². The van der Waals surface area contributed by atoms with Crippen molar-refractivity contribution < 1.29 is 4.74 Å². The molecule has 1 aliphatic heterocycles. The molecule has 0 fully saturated rings. The molecule has 0 spiro atoms. The van der Waals surface area contributed by atoms with E-state index in [0.29, 0.717) is 5.92 Å². The normalized spacial score (nSPS) is 18.1. The Balaban J connectivity index is 1.85. The quantitative estimate of drug-likeness (QED) is 0.848. The van der Waals surface area contributed by atoms with E-state index in [0.717, 1.165) is 36.8 Å². The maximum atomic E-state index is 5.26. The van der Waals surface area contributed by atoms with E-state index in [1.54, 1.807) is 7.11 Å². The van der Waals surface area contributed by atoms with Gasteiger partial charge in [0, 0.05) is 19.4 Å². The van der Waals surface area contributed by atoms with Gasteiger partial charge in [-0.25, -0.2) is 0 Å². The summed E-state index contributed by atoms with van der Waals surface area (Å²) in [6.45, 7) is 3.33. The molecule has 100 valence electrons. The summed E-state index contributed by atoms with van der Waals surface area (Å²) in [5.41, 5.74) is 1.22. The van der Waals surface area contributed by atoms with Crippen LogP contribution in [0.1, 0.15) is 30.6 Å². The molecule has 4 nitrogen and oxygen atoms in total. The van der Waals surface area contributed by atoms with Crippen LogP contribution in [0.4, 0.5) is 0 Å². The van der Waals surface area contributed by atoms with Crippen LogP contribution in [0.3, 0.4) is 0 Å². The number of rotatable bonds is 3. The molecule has 1 aliphatic rings. The van der Waals surface area contributed by atoms with Gasteiger partial charge in [-0.2, -0.15) is 0 Å². The molecule has 1 atom stereocenters. The monoisotopic (exact) mass is 257 g/mol. The first-order chi connectivity index (χ1) is 9.26. The summed E-state index contributed by atoms with van der Waals surface area (Å²) in [6, 6.07) is 8.15. The number of methoxy groups -OCH3 is 1. The van der Waals surface area contributed by atoms with Crippen LogP contribution in [0.15, 0.2) is 24.3 Å². The second-order valence-corrected chi connectivity index (χ2v) is 5.32. The third-order valence-electron chi connectivity index (χ3n) is 3.76. The molecule has 1 aromatic carbocycles. The minimum absolute atomic E-state index is 0.715. The maximum absolute atomic E-state index is 5.26. The largest absolute Gasteiger partial charge is 0.497 e. The standard InChI is InChI=1S/C15H19N3O/c1-11-6-7-14-16-17-15(18(14)10-11)9-12-4-3-5-13(8-12)19-2/h3-5,8,11H,6-7,9-10H2,1-2H3. The maximum Gasteiger partial charge on any atom is 0.137 e. The van der Waals surface area contributed by atoms with Gasteiger partial charge in [-0.1, -0.05) is 19.1 Å². The SMILES string of the molecule is COc1cccc(Cc2nnc3n2CC(C)CC3)c1. The van der Waals surface area contributed by atoms with Crippen LogP contribution in [-0.2, 0) is 19.4 Å². The highest BCUT2D eigenvalue weighted by Crippen LogP contribution is 2.21.